The number of nitrogens with zero attached hydrogens (tertiary/aromatic N) is 6. The van der Waals surface area contributed by atoms with E-state index in [0.717, 1.165) is 5.69 Å². The van der Waals surface area contributed by atoms with Crippen molar-refractivity contribution in [3.8, 4) is 23.0 Å². The molecule has 1 saturated heterocycles. The number of halogens is 1. The van der Waals surface area contributed by atoms with Gasteiger partial charge in [-0.1, -0.05) is 38.1 Å². The molecule has 0 aliphatic carbocycles. The van der Waals surface area contributed by atoms with Crippen LogP contribution in [-0.4, -0.2) is 61.8 Å². The molecule has 0 saturated carbocycles. The van der Waals surface area contributed by atoms with E-state index in [4.69, 9.17) is 0 Å². The van der Waals surface area contributed by atoms with E-state index in [-0.39, 0.29) is 29.3 Å². The monoisotopic (exact) mass is 486 g/mol. The fourth-order valence-corrected chi connectivity index (χ4v) is 4.56. The molecule has 1 N–H and O–H groups in total. The molecule has 0 unspecified atom stereocenters. The zero-order valence-corrected chi connectivity index (χ0v) is 20.2. The molecule has 1 aliphatic rings. The minimum absolute atomic E-state index is 0.0327. The van der Waals surface area contributed by atoms with Crippen LogP contribution in [0.25, 0.3) is 17.2 Å². The molecule has 1 fully saturated rings. The SMILES string of the molecule is CC(C)c1c(C(=O)N2CCN(c3ccccc3O)CC2)cnn1-c1nccc(-c2ccccc2F)n1. The number of aromatic nitrogens is 4. The quantitative estimate of drug-likeness (QED) is 0.454. The van der Waals surface area contributed by atoms with Crippen LogP contribution in [0.15, 0.2) is 67.0 Å². The molecule has 0 bridgehead atoms. The number of phenols is 1. The smallest absolute Gasteiger partial charge is 0.257 e. The Labute approximate surface area is 208 Å². The molecule has 1 aliphatic heterocycles. The van der Waals surface area contributed by atoms with Gasteiger partial charge in [0.25, 0.3) is 11.9 Å². The highest BCUT2D eigenvalue weighted by atomic mass is 19.1. The van der Waals surface area contributed by atoms with Gasteiger partial charge in [-0.2, -0.15) is 5.10 Å². The molecule has 0 spiro atoms. The number of carbonyl (C=O) groups excluding carboxylic acids is 1. The van der Waals surface area contributed by atoms with Crippen molar-refractivity contribution in [2.24, 2.45) is 0 Å². The summed E-state index contributed by atoms with van der Waals surface area (Å²) in [7, 11) is 0. The normalized spacial score (nSPS) is 13.9. The first-order valence-corrected chi connectivity index (χ1v) is 11.9. The van der Waals surface area contributed by atoms with Crippen LogP contribution in [0, 0.1) is 5.82 Å². The Balaban J connectivity index is 1.40. The lowest BCUT2D eigenvalue weighted by Gasteiger charge is -2.36. The molecular formula is C27H27FN6O2. The average Bonchev–Trinajstić information content (AvgIpc) is 3.35. The standard InChI is InChI=1S/C27H27FN6O2/c1-18(2)25-20(26(36)33-15-13-32(14-16-33)23-9-5-6-10-24(23)35)17-30-34(25)27-29-12-11-22(31-27)19-7-3-4-8-21(19)28/h3-12,17-18,35H,13-16H2,1-2H3. The second-order valence-electron chi connectivity index (χ2n) is 9.00. The third-order valence-corrected chi connectivity index (χ3v) is 6.36. The lowest BCUT2D eigenvalue weighted by Crippen LogP contribution is -2.49. The fourth-order valence-electron chi connectivity index (χ4n) is 4.56. The Morgan fingerprint density at radius 1 is 1.00 bits per heavy atom. The second-order valence-corrected chi connectivity index (χ2v) is 9.00. The summed E-state index contributed by atoms with van der Waals surface area (Å²) in [6.45, 7) is 6.25. The summed E-state index contributed by atoms with van der Waals surface area (Å²) >= 11 is 0. The Morgan fingerprint density at radius 3 is 2.44 bits per heavy atom. The largest absolute Gasteiger partial charge is 0.506 e. The van der Waals surface area contributed by atoms with Crippen molar-refractivity contribution < 1.29 is 14.3 Å². The first kappa shape index (κ1) is 23.5. The van der Waals surface area contributed by atoms with E-state index in [1.54, 1.807) is 58.4 Å². The minimum atomic E-state index is -0.370. The average molecular weight is 487 g/mol. The number of rotatable bonds is 5. The van der Waals surface area contributed by atoms with Gasteiger partial charge in [-0.15, -0.1) is 0 Å². The molecule has 36 heavy (non-hydrogen) atoms. The van der Waals surface area contributed by atoms with E-state index >= 15 is 0 Å². The van der Waals surface area contributed by atoms with Gasteiger partial charge < -0.3 is 14.9 Å². The minimum Gasteiger partial charge on any atom is -0.506 e. The maximum Gasteiger partial charge on any atom is 0.257 e. The summed E-state index contributed by atoms with van der Waals surface area (Å²) in [5.41, 5.74) is 2.79. The van der Waals surface area contributed by atoms with E-state index in [1.165, 1.54) is 6.07 Å². The van der Waals surface area contributed by atoms with Gasteiger partial charge in [0.15, 0.2) is 0 Å². The number of para-hydroxylation sites is 2. The first-order chi connectivity index (χ1) is 17.4. The van der Waals surface area contributed by atoms with Crippen LogP contribution >= 0.6 is 0 Å². The van der Waals surface area contributed by atoms with E-state index in [0.29, 0.717) is 48.7 Å². The summed E-state index contributed by atoms with van der Waals surface area (Å²) in [6.07, 6.45) is 3.13. The highest BCUT2D eigenvalue weighted by molar-refractivity contribution is 5.95. The Bertz CT molecular complexity index is 1390. The van der Waals surface area contributed by atoms with Crippen LogP contribution in [0.2, 0.25) is 0 Å². The topological polar surface area (TPSA) is 87.4 Å². The maximum atomic E-state index is 14.3. The molecule has 9 heteroatoms. The number of hydrogen-bond donors (Lipinski definition) is 1. The van der Waals surface area contributed by atoms with E-state index in [9.17, 15) is 14.3 Å². The van der Waals surface area contributed by atoms with E-state index in [2.05, 4.69) is 20.0 Å². The zero-order valence-electron chi connectivity index (χ0n) is 20.2. The molecule has 184 valence electrons. The third-order valence-electron chi connectivity index (χ3n) is 6.36. The van der Waals surface area contributed by atoms with Gasteiger partial charge >= 0.3 is 0 Å². The van der Waals surface area contributed by atoms with Gasteiger partial charge in [-0.25, -0.2) is 19.0 Å². The second kappa shape index (κ2) is 9.77. The molecule has 2 aromatic carbocycles. The van der Waals surface area contributed by atoms with Gasteiger partial charge in [0, 0.05) is 37.9 Å². The highest BCUT2D eigenvalue weighted by Gasteiger charge is 2.28. The lowest BCUT2D eigenvalue weighted by atomic mass is 10.0. The highest BCUT2D eigenvalue weighted by Crippen LogP contribution is 2.29. The van der Waals surface area contributed by atoms with Crippen molar-refractivity contribution in [1.82, 2.24) is 24.6 Å². The Hall–Kier alpha value is -4.27. The van der Waals surface area contributed by atoms with Crippen molar-refractivity contribution in [1.29, 1.82) is 0 Å². The number of amides is 1. The number of benzene rings is 2. The van der Waals surface area contributed by atoms with Gasteiger partial charge in [0.2, 0.25) is 0 Å². The molecule has 0 radical (unpaired) electrons. The van der Waals surface area contributed by atoms with Crippen LogP contribution < -0.4 is 4.90 Å². The molecule has 0 atom stereocenters. The molecule has 3 heterocycles. The Morgan fingerprint density at radius 2 is 1.72 bits per heavy atom. The van der Waals surface area contributed by atoms with Crippen molar-refractivity contribution in [2.75, 3.05) is 31.1 Å². The number of carbonyl (C=O) groups is 1. The van der Waals surface area contributed by atoms with E-state index in [1.807, 2.05) is 26.0 Å². The number of piperazine rings is 1. The summed E-state index contributed by atoms with van der Waals surface area (Å²) in [4.78, 5) is 26.3. The van der Waals surface area contributed by atoms with Crippen LogP contribution in [0.5, 0.6) is 5.75 Å². The van der Waals surface area contributed by atoms with Crippen LogP contribution in [-0.2, 0) is 0 Å². The Kier molecular flexibility index (Phi) is 6.37. The van der Waals surface area contributed by atoms with Gasteiger partial charge in [0.1, 0.15) is 11.6 Å². The van der Waals surface area contributed by atoms with E-state index < -0.39 is 0 Å². The number of hydrogen-bond acceptors (Lipinski definition) is 6. The molecule has 5 rings (SSSR count). The number of anilines is 1. The summed E-state index contributed by atoms with van der Waals surface area (Å²) in [6, 6.07) is 15.3. The number of phenolic OH excluding ortho intramolecular Hbond substituents is 1. The molecular weight excluding hydrogens is 459 g/mol. The molecule has 1 amide bonds. The van der Waals surface area contributed by atoms with Gasteiger partial charge in [-0.05, 0) is 36.2 Å². The lowest BCUT2D eigenvalue weighted by molar-refractivity contribution is 0.0745. The third kappa shape index (κ3) is 4.39. The van der Waals surface area contributed by atoms with Crippen LogP contribution in [0.4, 0.5) is 10.1 Å². The fraction of sp³-hybridized carbons (Fsp3) is 0.259. The number of aromatic hydroxyl groups is 1. The first-order valence-electron chi connectivity index (χ1n) is 11.9. The van der Waals surface area contributed by atoms with Crippen molar-refractivity contribution in [3.63, 3.8) is 0 Å². The van der Waals surface area contributed by atoms with Crippen molar-refractivity contribution >= 4 is 11.6 Å². The molecule has 4 aromatic rings. The van der Waals surface area contributed by atoms with Crippen LogP contribution in [0.3, 0.4) is 0 Å². The van der Waals surface area contributed by atoms with Crippen molar-refractivity contribution in [3.05, 3.63) is 84.1 Å². The van der Waals surface area contributed by atoms with Crippen molar-refractivity contribution in [2.45, 2.75) is 19.8 Å². The maximum absolute atomic E-state index is 14.3. The summed E-state index contributed by atoms with van der Waals surface area (Å²) in [5, 5.41) is 14.6. The predicted molar refractivity (Wildman–Crippen MR) is 135 cm³/mol. The summed E-state index contributed by atoms with van der Waals surface area (Å²) < 4.78 is 15.9. The zero-order chi connectivity index (χ0) is 25.2. The summed E-state index contributed by atoms with van der Waals surface area (Å²) in [5.74, 6) is 0.00790. The van der Waals surface area contributed by atoms with Crippen LogP contribution in [0.1, 0.15) is 35.8 Å². The molecule has 2 aromatic heterocycles. The predicted octanol–water partition coefficient (Wildman–Crippen LogP) is 4.26. The van der Waals surface area contributed by atoms with Gasteiger partial charge in [-0.3, -0.25) is 4.79 Å². The molecule has 8 nitrogen and oxygen atoms in total. The van der Waals surface area contributed by atoms with Gasteiger partial charge in [0.05, 0.1) is 28.8 Å².